The van der Waals surface area contributed by atoms with Crippen molar-refractivity contribution in [1.29, 1.82) is 0 Å². The van der Waals surface area contributed by atoms with Crippen LogP contribution in [0.5, 0.6) is 0 Å². The van der Waals surface area contributed by atoms with Gasteiger partial charge >= 0.3 is 0 Å². The second-order valence-corrected chi connectivity index (χ2v) is 6.50. The lowest BCUT2D eigenvalue weighted by Gasteiger charge is -2.25. The molecular weight excluding hydrogens is 304 g/mol. The van der Waals surface area contributed by atoms with E-state index in [0.29, 0.717) is 0 Å². The molecule has 0 N–H and O–H groups in total. The average Bonchev–Trinajstić information content (AvgIpc) is 2.63. The van der Waals surface area contributed by atoms with E-state index in [2.05, 4.69) is 104 Å². The Hall–Kier alpha value is -2.74. The summed E-state index contributed by atoms with van der Waals surface area (Å²) >= 11 is 0. The number of anilines is 2. The molecule has 0 aromatic heterocycles. The van der Waals surface area contributed by atoms with Crippen molar-refractivity contribution in [2.75, 3.05) is 23.9 Å². The third-order valence-corrected chi connectivity index (χ3v) is 4.44. The second kappa shape index (κ2) is 7.89. The summed E-state index contributed by atoms with van der Waals surface area (Å²) in [5.41, 5.74) is 6.01. The van der Waals surface area contributed by atoms with Crippen LogP contribution in [-0.4, -0.2) is 14.1 Å². The minimum Gasteiger partial charge on any atom is -0.370 e. The first-order chi connectivity index (χ1) is 12.1. The molecule has 0 bridgehead atoms. The van der Waals surface area contributed by atoms with Crippen LogP contribution in [0.2, 0.25) is 0 Å². The molecule has 0 saturated carbocycles. The topological polar surface area (TPSA) is 6.48 Å². The zero-order valence-electron chi connectivity index (χ0n) is 15.0. The van der Waals surface area contributed by atoms with E-state index in [-0.39, 0.29) is 0 Å². The Morgan fingerprint density at radius 2 is 1.20 bits per heavy atom. The third kappa shape index (κ3) is 4.42. The largest absolute Gasteiger partial charge is 0.370 e. The summed E-state index contributed by atoms with van der Waals surface area (Å²) in [5.74, 6) is 0. The molecule has 0 aliphatic rings. The van der Waals surface area contributed by atoms with Crippen LogP contribution in [0.4, 0.5) is 11.4 Å². The van der Waals surface area contributed by atoms with E-state index in [1.54, 1.807) is 0 Å². The molecule has 0 heterocycles. The van der Waals surface area contributed by atoms with Crippen molar-refractivity contribution in [3.8, 4) is 0 Å². The minimum atomic E-state index is 0.878. The SMILES string of the molecule is [CH2]c1cc(N(C)Cc2ccccc2)ccc1N(C)Cc1ccccc1. The lowest BCUT2D eigenvalue weighted by Crippen LogP contribution is -2.19. The molecule has 0 atom stereocenters. The van der Waals surface area contributed by atoms with Crippen molar-refractivity contribution in [3.05, 3.63) is 102 Å². The highest BCUT2D eigenvalue weighted by atomic mass is 15.1. The monoisotopic (exact) mass is 329 g/mol. The van der Waals surface area contributed by atoms with Gasteiger partial charge in [0.2, 0.25) is 0 Å². The predicted molar refractivity (Wildman–Crippen MR) is 108 cm³/mol. The van der Waals surface area contributed by atoms with Gasteiger partial charge in [-0.25, -0.2) is 0 Å². The summed E-state index contributed by atoms with van der Waals surface area (Å²) in [5, 5.41) is 0. The molecule has 0 unspecified atom stereocenters. The van der Waals surface area contributed by atoms with Crippen LogP contribution in [-0.2, 0) is 13.1 Å². The van der Waals surface area contributed by atoms with E-state index in [9.17, 15) is 0 Å². The van der Waals surface area contributed by atoms with E-state index >= 15 is 0 Å². The Morgan fingerprint density at radius 1 is 0.680 bits per heavy atom. The van der Waals surface area contributed by atoms with Gasteiger partial charge in [0.05, 0.1) is 0 Å². The Kier molecular flexibility index (Phi) is 5.39. The molecule has 0 amide bonds. The highest BCUT2D eigenvalue weighted by molar-refractivity contribution is 5.62. The number of nitrogens with zero attached hydrogens (tertiary/aromatic N) is 2. The van der Waals surface area contributed by atoms with Gasteiger partial charge in [-0.05, 0) is 41.8 Å². The Labute approximate surface area is 151 Å². The van der Waals surface area contributed by atoms with E-state index in [4.69, 9.17) is 0 Å². The Morgan fingerprint density at radius 3 is 1.72 bits per heavy atom. The molecule has 2 nitrogen and oxygen atoms in total. The van der Waals surface area contributed by atoms with Gasteiger partial charge in [0.25, 0.3) is 0 Å². The van der Waals surface area contributed by atoms with Crippen LogP contribution < -0.4 is 9.80 Å². The van der Waals surface area contributed by atoms with Gasteiger partial charge in [-0.1, -0.05) is 60.7 Å². The smallest absolute Gasteiger partial charge is 0.0426 e. The molecule has 0 aliphatic carbocycles. The molecule has 127 valence electrons. The maximum Gasteiger partial charge on any atom is 0.0426 e. The lowest BCUT2D eigenvalue weighted by molar-refractivity contribution is 0.909. The predicted octanol–water partition coefficient (Wildman–Crippen LogP) is 5.14. The van der Waals surface area contributed by atoms with Crippen molar-refractivity contribution in [3.63, 3.8) is 0 Å². The van der Waals surface area contributed by atoms with Crippen LogP contribution in [0.15, 0.2) is 78.9 Å². The number of rotatable bonds is 6. The van der Waals surface area contributed by atoms with Crippen molar-refractivity contribution in [2.24, 2.45) is 0 Å². The van der Waals surface area contributed by atoms with Gasteiger partial charge in [0.15, 0.2) is 0 Å². The highest BCUT2D eigenvalue weighted by Gasteiger charge is 2.09. The molecule has 3 rings (SSSR count). The molecular formula is C23H25N2. The summed E-state index contributed by atoms with van der Waals surface area (Å²) in [6.07, 6.45) is 0. The molecule has 1 radical (unpaired) electrons. The first-order valence-corrected chi connectivity index (χ1v) is 8.59. The summed E-state index contributed by atoms with van der Waals surface area (Å²) in [4.78, 5) is 4.50. The van der Waals surface area contributed by atoms with E-state index < -0.39 is 0 Å². The van der Waals surface area contributed by atoms with E-state index in [1.807, 2.05) is 6.07 Å². The van der Waals surface area contributed by atoms with Crippen LogP contribution in [0.1, 0.15) is 16.7 Å². The van der Waals surface area contributed by atoms with Crippen molar-refractivity contribution < 1.29 is 0 Å². The Bertz CT molecular complexity index is 797. The van der Waals surface area contributed by atoms with Gasteiger partial charge < -0.3 is 9.80 Å². The molecule has 0 aliphatic heterocycles. The van der Waals surface area contributed by atoms with E-state index in [1.165, 1.54) is 22.5 Å². The number of hydrogen-bond acceptors (Lipinski definition) is 2. The van der Waals surface area contributed by atoms with Crippen LogP contribution in [0.25, 0.3) is 0 Å². The van der Waals surface area contributed by atoms with E-state index in [0.717, 1.165) is 18.7 Å². The van der Waals surface area contributed by atoms with Gasteiger partial charge in [-0.15, -0.1) is 0 Å². The number of benzene rings is 3. The zero-order valence-corrected chi connectivity index (χ0v) is 15.0. The summed E-state index contributed by atoms with van der Waals surface area (Å²) in [7, 11) is 4.24. The van der Waals surface area contributed by atoms with Crippen LogP contribution >= 0.6 is 0 Å². The molecule has 0 spiro atoms. The summed E-state index contributed by atoms with van der Waals surface area (Å²) in [6.45, 7) is 6.03. The fourth-order valence-electron chi connectivity index (χ4n) is 3.07. The van der Waals surface area contributed by atoms with Crippen molar-refractivity contribution >= 4 is 11.4 Å². The minimum absolute atomic E-state index is 0.878. The van der Waals surface area contributed by atoms with Crippen molar-refractivity contribution in [2.45, 2.75) is 13.1 Å². The van der Waals surface area contributed by atoms with Crippen LogP contribution in [0, 0.1) is 6.92 Å². The van der Waals surface area contributed by atoms with Gasteiger partial charge in [-0.2, -0.15) is 0 Å². The second-order valence-electron chi connectivity index (χ2n) is 6.50. The third-order valence-electron chi connectivity index (χ3n) is 4.44. The highest BCUT2D eigenvalue weighted by Crippen LogP contribution is 2.26. The molecule has 0 saturated heterocycles. The molecule has 25 heavy (non-hydrogen) atoms. The fourth-order valence-corrected chi connectivity index (χ4v) is 3.07. The average molecular weight is 329 g/mol. The molecule has 2 heteroatoms. The number of hydrogen-bond donors (Lipinski definition) is 0. The molecule has 3 aromatic rings. The molecule has 0 fully saturated rings. The standard InChI is InChI=1S/C23H25N2/c1-19-16-22(24(2)17-20-10-6-4-7-11-20)14-15-23(19)25(3)18-21-12-8-5-9-13-21/h4-16H,1,17-18H2,2-3H3. The maximum absolute atomic E-state index is 4.26. The molecule has 3 aromatic carbocycles. The summed E-state index contributed by atoms with van der Waals surface area (Å²) < 4.78 is 0. The quantitative estimate of drug-likeness (QED) is 0.618. The maximum atomic E-state index is 4.26. The van der Waals surface area contributed by atoms with Gasteiger partial charge in [-0.3, -0.25) is 0 Å². The summed E-state index contributed by atoms with van der Waals surface area (Å²) in [6, 6.07) is 27.6. The van der Waals surface area contributed by atoms with Crippen molar-refractivity contribution in [1.82, 2.24) is 0 Å². The van der Waals surface area contributed by atoms with Gasteiger partial charge in [0.1, 0.15) is 0 Å². The fraction of sp³-hybridized carbons (Fsp3) is 0.174. The first kappa shape index (κ1) is 17.1. The van der Waals surface area contributed by atoms with Crippen LogP contribution in [0.3, 0.4) is 0 Å². The lowest BCUT2D eigenvalue weighted by atomic mass is 10.1. The Balaban J connectivity index is 1.71. The first-order valence-electron chi connectivity index (χ1n) is 8.59. The zero-order chi connectivity index (χ0) is 17.6. The normalized spacial score (nSPS) is 10.5. The van der Waals surface area contributed by atoms with Gasteiger partial charge in [0, 0.05) is 38.6 Å².